The van der Waals surface area contributed by atoms with Crippen molar-refractivity contribution in [3.8, 4) is 11.5 Å². The lowest BCUT2D eigenvalue weighted by atomic mass is 10.2. The molecule has 0 aromatic heterocycles. The average Bonchev–Trinajstić information content (AvgIpc) is 2.73. The second-order valence-electron chi connectivity index (χ2n) is 6.43. The molecule has 0 radical (unpaired) electrons. The molecule has 0 saturated carbocycles. The number of methoxy groups -OCH3 is 2. The molecule has 0 spiro atoms. The number of para-hydroxylation sites is 1. The van der Waals surface area contributed by atoms with Crippen molar-refractivity contribution in [2.45, 2.75) is 18.4 Å². The van der Waals surface area contributed by atoms with Gasteiger partial charge in [-0.1, -0.05) is 30.3 Å². The minimum atomic E-state index is -4.07. The van der Waals surface area contributed by atoms with Gasteiger partial charge in [0.15, 0.2) is 0 Å². The van der Waals surface area contributed by atoms with E-state index in [9.17, 15) is 12.8 Å². The molecule has 0 bridgehead atoms. The van der Waals surface area contributed by atoms with Gasteiger partial charge < -0.3 is 9.47 Å². The van der Waals surface area contributed by atoms with E-state index in [0.29, 0.717) is 28.3 Å². The van der Waals surface area contributed by atoms with E-state index in [0.717, 1.165) is 6.07 Å². The van der Waals surface area contributed by atoms with Gasteiger partial charge in [0.1, 0.15) is 17.3 Å². The van der Waals surface area contributed by atoms with Crippen molar-refractivity contribution >= 4 is 15.7 Å². The molecule has 5 nitrogen and oxygen atoms in total. The fourth-order valence-electron chi connectivity index (χ4n) is 3.04. The summed E-state index contributed by atoms with van der Waals surface area (Å²) in [6, 6.07) is 17.6. The maximum absolute atomic E-state index is 13.9. The van der Waals surface area contributed by atoms with E-state index in [1.165, 1.54) is 30.7 Å². The van der Waals surface area contributed by atoms with Crippen molar-refractivity contribution in [1.82, 2.24) is 0 Å². The first-order valence-corrected chi connectivity index (χ1v) is 10.4. The highest BCUT2D eigenvalue weighted by Gasteiger charge is 2.28. The van der Waals surface area contributed by atoms with Gasteiger partial charge in [-0.15, -0.1) is 0 Å². The van der Waals surface area contributed by atoms with Crippen LogP contribution < -0.4 is 13.8 Å². The molecule has 152 valence electrons. The number of nitrogens with zero attached hydrogens (tertiary/aromatic N) is 1. The summed E-state index contributed by atoms with van der Waals surface area (Å²) in [4.78, 5) is -0.0878. The van der Waals surface area contributed by atoms with E-state index in [1.54, 1.807) is 43.3 Å². The molecule has 0 unspecified atom stereocenters. The summed E-state index contributed by atoms with van der Waals surface area (Å²) in [5, 5.41) is 0. The molecule has 3 aromatic rings. The molecule has 0 aliphatic heterocycles. The number of aryl methyl sites for hydroxylation is 1. The zero-order valence-electron chi connectivity index (χ0n) is 16.4. The molecule has 3 aromatic carbocycles. The van der Waals surface area contributed by atoms with E-state index in [2.05, 4.69) is 0 Å². The molecule has 0 atom stereocenters. The molecule has 0 fully saturated rings. The van der Waals surface area contributed by atoms with Gasteiger partial charge in [0.2, 0.25) is 0 Å². The molecule has 0 saturated heterocycles. The van der Waals surface area contributed by atoms with Gasteiger partial charge in [0.05, 0.1) is 31.3 Å². The first-order valence-electron chi connectivity index (χ1n) is 8.91. The smallest absolute Gasteiger partial charge is 0.264 e. The Balaban J connectivity index is 2.17. The minimum Gasteiger partial charge on any atom is -0.497 e. The Morgan fingerprint density at radius 2 is 1.69 bits per heavy atom. The number of ether oxygens (including phenoxy) is 2. The Morgan fingerprint density at radius 1 is 0.931 bits per heavy atom. The SMILES string of the molecule is COc1cccc(N(Cc2ccccc2OC)S(=O)(=O)c2cc(F)ccc2C)c1. The van der Waals surface area contributed by atoms with Gasteiger partial charge in [0, 0.05) is 11.6 Å². The van der Waals surface area contributed by atoms with Crippen molar-refractivity contribution in [2.75, 3.05) is 18.5 Å². The maximum atomic E-state index is 13.9. The largest absolute Gasteiger partial charge is 0.497 e. The third-order valence-corrected chi connectivity index (χ3v) is 6.48. The number of hydrogen-bond acceptors (Lipinski definition) is 4. The van der Waals surface area contributed by atoms with Gasteiger partial charge >= 0.3 is 0 Å². The summed E-state index contributed by atoms with van der Waals surface area (Å²) in [5.41, 5.74) is 1.54. The van der Waals surface area contributed by atoms with Crippen molar-refractivity contribution < 1.29 is 22.3 Å². The molecular formula is C22H22FNO4S. The van der Waals surface area contributed by atoms with Crippen LogP contribution in [-0.2, 0) is 16.6 Å². The van der Waals surface area contributed by atoms with Crippen LogP contribution in [0.25, 0.3) is 0 Å². The lowest BCUT2D eigenvalue weighted by Crippen LogP contribution is -2.31. The lowest BCUT2D eigenvalue weighted by Gasteiger charge is -2.26. The predicted octanol–water partition coefficient (Wildman–Crippen LogP) is 4.55. The van der Waals surface area contributed by atoms with Crippen LogP contribution in [0.4, 0.5) is 10.1 Å². The van der Waals surface area contributed by atoms with E-state index < -0.39 is 15.8 Å². The summed E-state index contributed by atoms with van der Waals surface area (Å²) < 4.78 is 52.9. The van der Waals surface area contributed by atoms with E-state index in [1.807, 2.05) is 12.1 Å². The third kappa shape index (κ3) is 4.35. The third-order valence-electron chi connectivity index (χ3n) is 4.57. The fourth-order valence-corrected chi connectivity index (χ4v) is 4.71. The minimum absolute atomic E-state index is 0.00939. The van der Waals surface area contributed by atoms with Gasteiger partial charge in [-0.05, 0) is 42.8 Å². The summed E-state index contributed by atoms with van der Waals surface area (Å²) in [7, 11) is -1.04. The van der Waals surface area contributed by atoms with Crippen LogP contribution in [0.3, 0.4) is 0 Å². The van der Waals surface area contributed by atoms with Crippen molar-refractivity contribution in [1.29, 1.82) is 0 Å². The van der Waals surface area contributed by atoms with Crippen LogP contribution in [0.2, 0.25) is 0 Å². The Hall–Kier alpha value is -3.06. The van der Waals surface area contributed by atoms with Crippen LogP contribution >= 0.6 is 0 Å². The van der Waals surface area contributed by atoms with Crippen molar-refractivity contribution in [3.05, 3.63) is 83.7 Å². The summed E-state index contributed by atoms with van der Waals surface area (Å²) in [6.07, 6.45) is 0. The number of benzene rings is 3. The average molecular weight is 415 g/mol. The quantitative estimate of drug-likeness (QED) is 0.568. The predicted molar refractivity (Wildman–Crippen MR) is 110 cm³/mol. The lowest BCUT2D eigenvalue weighted by molar-refractivity contribution is 0.409. The van der Waals surface area contributed by atoms with Gasteiger partial charge in [0.25, 0.3) is 10.0 Å². The van der Waals surface area contributed by atoms with Crippen molar-refractivity contribution in [2.24, 2.45) is 0 Å². The first-order chi connectivity index (χ1) is 13.9. The Kier molecular flexibility index (Phi) is 6.08. The molecule has 0 aliphatic carbocycles. The zero-order valence-corrected chi connectivity index (χ0v) is 17.2. The van der Waals surface area contributed by atoms with E-state index in [4.69, 9.17) is 9.47 Å². The topological polar surface area (TPSA) is 55.8 Å². The molecule has 29 heavy (non-hydrogen) atoms. The van der Waals surface area contributed by atoms with Crippen LogP contribution in [0.1, 0.15) is 11.1 Å². The monoisotopic (exact) mass is 415 g/mol. The Bertz CT molecular complexity index is 1120. The molecule has 3 rings (SSSR count). The van der Waals surface area contributed by atoms with Crippen LogP contribution in [0.15, 0.2) is 71.6 Å². The first kappa shape index (κ1) is 20.7. The number of hydrogen-bond donors (Lipinski definition) is 0. The summed E-state index contributed by atoms with van der Waals surface area (Å²) in [5.74, 6) is 0.460. The zero-order chi connectivity index (χ0) is 21.0. The van der Waals surface area contributed by atoms with Crippen LogP contribution in [-0.4, -0.2) is 22.6 Å². The molecule has 0 N–H and O–H groups in total. The Labute approximate surface area is 170 Å². The summed E-state index contributed by atoms with van der Waals surface area (Å²) >= 11 is 0. The second kappa shape index (κ2) is 8.53. The van der Waals surface area contributed by atoms with Gasteiger partial charge in [-0.2, -0.15) is 0 Å². The molecule has 7 heteroatoms. The van der Waals surface area contributed by atoms with Gasteiger partial charge in [-0.25, -0.2) is 12.8 Å². The molecule has 0 aliphatic rings. The number of anilines is 1. The second-order valence-corrected chi connectivity index (χ2v) is 8.27. The normalized spacial score (nSPS) is 11.2. The van der Waals surface area contributed by atoms with Crippen LogP contribution in [0, 0.1) is 12.7 Å². The number of halogens is 1. The van der Waals surface area contributed by atoms with E-state index >= 15 is 0 Å². The number of sulfonamides is 1. The van der Waals surface area contributed by atoms with Gasteiger partial charge in [-0.3, -0.25) is 4.31 Å². The fraction of sp³-hybridized carbons (Fsp3) is 0.182. The van der Waals surface area contributed by atoms with Crippen molar-refractivity contribution in [3.63, 3.8) is 0 Å². The van der Waals surface area contributed by atoms with Crippen LogP contribution in [0.5, 0.6) is 11.5 Å². The summed E-state index contributed by atoms with van der Waals surface area (Å²) in [6.45, 7) is 1.65. The Morgan fingerprint density at radius 3 is 2.41 bits per heavy atom. The standard InChI is InChI=1S/C22H22FNO4S/c1-16-11-12-18(23)13-22(16)29(25,26)24(19-8-6-9-20(14-19)27-2)15-17-7-4-5-10-21(17)28-3/h4-14H,15H2,1-3H3. The highest BCUT2D eigenvalue weighted by Crippen LogP contribution is 2.32. The highest BCUT2D eigenvalue weighted by molar-refractivity contribution is 7.92. The highest BCUT2D eigenvalue weighted by atomic mass is 32.2. The molecule has 0 heterocycles. The molecule has 0 amide bonds. The van der Waals surface area contributed by atoms with E-state index in [-0.39, 0.29) is 11.4 Å². The number of rotatable bonds is 7. The molecular weight excluding hydrogens is 393 g/mol. The maximum Gasteiger partial charge on any atom is 0.264 e.